The van der Waals surface area contributed by atoms with Gasteiger partial charge in [-0.25, -0.2) is 15.0 Å². The first-order chi connectivity index (χ1) is 17.5. The highest BCUT2D eigenvalue weighted by molar-refractivity contribution is 6.36. The van der Waals surface area contributed by atoms with Crippen molar-refractivity contribution in [2.24, 2.45) is 0 Å². The highest BCUT2D eigenvalue weighted by Crippen LogP contribution is 2.39. The van der Waals surface area contributed by atoms with Gasteiger partial charge in [0.1, 0.15) is 23.3 Å². The van der Waals surface area contributed by atoms with Gasteiger partial charge in [-0.1, -0.05) is 35.3 Å². The maximum Gasteiger partial charge on any atom is 0.223 e. The summed E-state index contributed by atoms with van der Waals surface area (Å²) in [6.45, 7) is 3.93. The normalized spacial score (nSPS) is 12.0. The van der Waals surface area contributed by atoms with E-state index in [1.165, 1.54) is 17.3 Å². The number of halogens is 2. The molecular formula is C26H22Cl2N8. The summed E-state index contributed by atoms with van der Waals surface area (Å²) in [5.74, 6) is 1.16. The molecular weight excluding hydrogens is 495 g/mol. The quantitative estimate of drug-likeness (QED) is 0.261. The summed E-state index contributed by atoms with van der Waals surface area (Å²) in [4.78, 5) is 13.6. The van der Waals surface area contributed by atoms with Gasteiger partial charge in [-0.05, 0) is 48.9 Å². The monoisotopic (exact) mass is 516 g/mol. The number of anilines is 4. The number of benzene rings is 2. The van der Waals surface area contributed by atoms with Gasteiger partial charge in [0.2, 0.25) is 5.95 Å². The molecule has 0 fully saturated rings. The van der Waals surface area contributed by atoms with Crippen molar-refractivity contribution in [3.8, 4) is 17.3 Å². The minimum absolute atomic E-state index is 0.474. The molecule has 5 rings (SSSR count). The number of hydrogen-bond acceptors (Lipinski definition) is 8. The van der Waals surface area contributed by atoms with E-state index in [0.29, 0.717) is 52.7 Å². The Kier molecular flexibility index (Phi) is 6.76. The zero-order chi connectivity index (χ0) is 25.1. The number of nitrogens with zero attached hydrogens (tertiary/aromatic N) is 5. The molecule has 3 N–H and O–H groups in total. The summed E-state index contributed by atoms with van der Waals surface area (Å²) in [5, 5.41) is 18.4. The van der Waals surface area contributed by atoms with Gasteiger partial charge in [0.15, 0.2) is 0 Å². The van der Waals surface area contributed by atoms with Gasteiger partial charge in [0.25, 0.3) is 0 Å². The number of nitriles is 1. The Hall–Kier alpha value is -4.06. The molecule has 0 aliphatic carbocycles. The first-order valence-electron chi connectivity index (χ1n) is 11.3. The molecule has 8 nitrogen and oxygen atoms in total. The Bertz CT molecular complexity index is 1450. The first-order valence-corrected chi connectivity index (χ1v) is 12.1. The summed E-state index contributed by atoms with van der Waals surface area (Å²) < 4.78 is 0. The average Bonchev–Trinajstić information content (AvgIpc) is 3.32. The fourth-order valence-electron chi connectivity index (χ4n) is 3.97. The van der Waals surface area contributed by atoms with E-state index in [1.54, 1.807) is 30.5 Å². The van der Waals surface area contributed by atoms with E-state index >= 15 is 0 Å². The Balaban J connectivity index is 1.37. The van der Waals surface area contributed by atoms with Crippen LogP contribution in [0.15, 0.2) is 60.9 Å². The third-order valence-electron chi connectivity index (χ3n) is 5.84. The predicted octanol–water partition coefficient (Wildman–Crippen LogP) is 5.90. The van der Waals surface area contributed by atoms with Crippen LogP contribution in [0.2, 0.25) is 10.0 Å². The molecule has 36 heavy (non-hydrogen) atoms. The van der Waals surface area contributed by atoms with Crippen LogP contribution in [0.1, 0.15) is 16.7 Å². The number of fused-ring (bicyclic) bond motifs is 1. The highest BCUT2D eigenvalue weighted by atomic mass is 35.5. The lowest BCUT2D eigenvalue weighted by Gasteiger charge is -2.22. The predicted molar refractivity (Wildman–Crippen MR) is 144 cm³/mol. The van der Waals surface area contributed by atoms with E-state index in [9.17, 15) is 0 Å². The van der Waals surface area contributed by atoms with E-state index in [4.69, 9.17) is 33.4 Å². The van der Waals surface area contributed by atoms with Crippen LogP contribution in [0, 0.1) is 18.3 Å². The van der Waals surface area contributed by atoms with Crippen molar-refractivity contribution in [3.63, 3.8) is 0 Å². The Morgan fingerprint density at radius 3 is 2.67 bits per heavy atom. The molecule has 0 saturated heterocycles. The fourth-order valence-corrected chi connectivity index (χ4v) is 4.47. The lowest BCUT2D eigenvalue weighted by Crippen LogP contribution is -2.24. The van der Waals surface area contributed by atoms with Crippen molar-refractivity contribution in [1.82, 2.24) is 15.0 Å². The number of hydrogen-bond donors (Lipinski definition) is 3. The Morgan fingerprint density at radius 1 is 1.06 bits per heavy atom. The van der Waals surface area contributed by atoms with Crippen LogP contribution in [0.4, 0.5) is 23.1 Å². The Labute approximate surface area is 218 Å². The van der Waals surface area contributed by atoms with Crippen molar-refractivity contribution in [2.75, 3.05) is 34.2 Å². The molecule has 2 aromatic heterocycles. The number of nitrogens with one attached hydrogen (secondary N) is 3. The largest absolute Gasteiger partial charge is 0.368 e. The maximum atomic E-state index is 8.89. The van der Waals surface area contributed by atoms with Gasteiger partial charge in [-0.2, -0.15) is 5.26 Å². The SMILES string of the molecule is Cc1cccc2c1CN(c1cnc(NCCNc3ccc(C#N)cn3)nc1-c1ccc(Cl)cc1Cl)N2. The fraction of sp³-hybridized carbons (Fsp3) is 0.154. The van der Waals surface area contributed by atoms with Crippen molar-refractivity contribution in [1.29, 1.82) is 5.26 Å². The minimum Gasteiger partial charge on any atom is -0.368 e. The number of aromatic nitrogens is 3. The van der Waals surface area contributed by atoms with Crippen LogP contribution in [-0.4, -0.2) is 28.0 Å². The number of pyridine rings is 1. The second-order valence-corrected chi connectivity index (χ2v) is 9.09. The van der Waals surface area contributed by atoms with Gasteiger partial charge in [0, 0.05) is 35.4 Å². The number of hydrazine groups is 1. The van der Waals surface area contributed by atoms with E-state index < -0.39 is 0 Å². The van der Waals surface area contributed by atoms with Crippen LogP contribution in [-0.2, 0) is 6.54 Å². The summed E-state index contributed by atoms with van der Waals surface area (Å²) in [5.41, 5.74) is 9.75. The van der Waals surface area contributed by atoms with Crippen LogP contribution >= 0.6 is 23.2 Å². The van der Waals surface area contributed by atoms with Crippen LogP contribution in [0.5, 0.6) is 0 Å². The zero-order valence-electron chi connectivity index (χ0n) is 19.4. The molecule has 0 atom stereocenters. The van der Waals surface area contributed by atoms with Gasteiger partial charge in [-0.15, -0.1) is 0 Å². The summed E-state index contributed by atoms with van der Waals surface area (Å²) >= 11 is 12.7. The lowest BCUT2D eigenvalue weighted by molar-refractivity contribution is 0.943. The molecule has 3 heterocycles. The first kappa shape index (κ1) is 23.7. The molecule has 0 radical (unpaired) electrons. The second kappa shape index (κ2) is 10.3. The highest BCUT2D eigenvalue weighted by Gasteiger charge is 2.25. The topological polar surface area (TPSA) is 102 Å². The molecule has 0 spiro atoms. The summed E-state index contributed by atoms with van der Waals surface area (Å²) in [6, 6.07) is 17.1. The van der Waals surface area contributed by atoms with Gasteiger partial charge >= 0.3 is 0 Å². The second-order valence-electron chi connectivity index (χ2n) is 8.25. The van der Waals surface area contributed by atoms with Gasteiger partial charge < -0.3 is 10.6 Å². The standard InChI is InChI=1S/C26H22Cl2N8/c1-16-3-2-4-22-20(16)15-36(35-22)23-14-33-26(34-25(23)19-7-6-18(27)11-21(19)28)31-10-9-30-24-8-5-17(12-29)13-32-24/h2-8,11,13-14,35H,9-10,15H2,1H3,(H,30,32)(H,31,33,34). The number of aryl methyl sites for hydroxylation is 1. The maximum absolute atomic E-state index is 8.89. The van der Waals surface area contributed by atoms with Crippen LogP contribution in [0.3, 0.4) is 0 Å². The Morgan fingerprint density at radius 2 is 1.92 bits per heavy atom. The lowest BCUT2D eigenvalue weighted by atomic mass is 10.1. The van der Waals surface area contributed by atoms with E-state index in [0.717, 1.165) is 16.9 Å². The molecule has 10 heteroatoms. The van der Waals surface area contributed by atoms with Gasteiger partial charge in [-0.3, -0.25) is 10.4 Å². The summed E-state index contributed by atoms with van der Waals surface area (Å²) in [7, 11) is 0. The molecule has 0 amide bonds. The molecule has 180 valence electrons. The van der Waals surface area contributed by atoms with Crippen molar-refractivity contribution in [3.05, 3.63) is 87.7 Å². The zero-order valence-corrected chi connectivity index (χ0v) is 20.9. The van der Waals surface area contributed by atoms with Gasteiger partial charge in [0.05, 0.1) is 29.0 Å². The average molecular weight is 517 g/mol. The van der Waals surface area contributed by atoms with Crippen LogP contribution < -0.4 is 21.1 Å². The molecule has 0 saturated carbocycles. The third-order valence-corrected chi connectivity index (χ3v) is 6.38. The van der Waals surface area contributed by atoms with Crippen LogP contribution in [0.25, 0.3) is 11.3 Å². The molecule has 0 bridgehead atoms. The minimum atomic E-state index is 0.474. The van der Waals surface area contributed by atoms with Crippen molar-refractivity contribution < 1.29 is 0 Å². The molecule has 4 aromatic rings. The summed E-state index contributed by atoms with van der Waals surface area (Å²) in [6.07, 6.45) is 3.32. The van der Waals surface area contributed by atoms with Crippen molar-refractivity contribution >= 4 is 46.3 Å². The molecule has 0 unspecified atom stereocenters. The molecule has 1 aliphatic rings. The van der Waals surface area contributed by atoms with E-state index in [2.05, 4.69) is 51.2 Å². The third kappa shape index (κ3) is 4.98. The molecule has 2 aromatic carbocycles. The van der Waals surface area contributed by atoms with E-state index in [-0.39, 0.29) is 0 Å². The molecule has 1 aliphatic heterocycles. The smallest absolute Gasteiger partial charge is 0.223 e. The van der Waals surface area contributed by atoms with E-state index in [1.807, 2.05) is 17.1 Å². The van der Waals surface area contributed by atoms with Crippen molar-refractivity contribution in [2.45, 2.75) is 13.5 Å². The number of rotatable bonds is 7.